The topological polar surface area (TPSA) is 91.4 Å². The van der Waals surface area contributed by atoms with Crippen LogP contribution in [0.4, 0.5) is 10.2 Å². The molecule has 1 heterocycles. The molecule has 2 aromatic carbocycles. The van der Waals surface area contributed by atoms with Crippen molar-refractivity contribution in [2.45, 2.75) is 76.9 Å². The van der Waals surface area contributed by atoms with E-state index < -0.39 is 6.04 Å². The summed E-state index contributed by atoms with van der Waals surface area (Å²) in [5.74, 6) is -0.624. The lowest BCUT2D eigenvalue weighted by Crippen LogP contribution is -2.46. The van der Waals surface area contributed by atoms with Crippen molar-refractivity contribution in [1.82, 2.24) is 15.2 Å². The van der Waals surface area contributed by atoms with E-state index in [-0.39, 0.29) is 49.0 Å². The molecule has 0 radical (unpaired) electrons. The molecule has 2 N–H and O–H groups in total. The summed E-state index contributed by atoms with van der Waals surface area (Å²) in [5, 5.41) is 5.93. The third kappa shape index (κ3) is 8.46. The Kier molecular flexibility index (Phi) is 10.4. The lowest BCUT2D eigenvalue weighted by Gasteiger charge is -2.33. The summed E-state index contributed by atoms with van der Waals surface area (Å²) < 4.78 is 13.6. The Labute approximate surface area is 235 Å². The molecule has 210 valence electrons. The zero-order valence-corrected chi connectivity index (χ0v) is 22.9. The van der Waals surface area contributed by atoms with Crippen LogP contribution >= 0.6 is 0 Å². The normalized spacial score (nSPS) is 14.2. The molecule has 1 aromatic heterocycles. The van der Waals surface area contributed by atoms with Gasteiger partial charge < -0.3 is 15.5 Å². The molecule has 1 saturated carbocycles. The molecule has 1 aliphatic carbocycles. The Morgan fingerprint density at radius 1 is 0.950 bits per heavy atom. The second-order valence-electron chi connectivity index (χ2n) is 10.4. The monoisotopic (exact) mass is 544 g/mol. The average Bonchev–Trinajstić information content (AvgIpc) is 2.96. The number of nitrogens with one attached hydrogen (secondary N) is 2. The maximum Gasteiger partial charge on any atom is 0.247 e. The predicted molar refractivity (Wildman–Crippen MR) is 153 cm³/mol. The molecule has 4 rings (SSSR count). The fourth-order valence-corrected chi connectivity index (χ4v) is 5.04. The van der Waals surface area contributed by atoms with Crippen molar-refractivity contribution in [3.8, 4) is 0 Å². The molecule has 8 heteroatoms. The predicted octanol–water partition coefficient (Wildman–Crippen LogP) is 5.86. The standard InChI is InChI=1S/C32H37FN4O3/c1-23-13-17-25(18-14-23)31(32(40)35-27-8-3-2-4-9-27)37(22-24-15-19-26(33)20-16-24)30(39)12-7-11-29(38)36-28-10-5-6-21-34-28/h5-6,10,13-21,27,31H,2-4,7-9,11-12,22H2,1H3,(H,35,40)(H,34,36,38)/t31-/m0/s1. The van der Waals surface area contributed by atoms with Gasteiger partial charge in [-0.1, -0.05) is 67.3 Å². The molecule has 0 saturated heterocycles. The van der Waals surface area contributed by atoms with Crippen molar-refractivity contribution in [3.05, 3.63) is 95.4 Å². The van der Waals surface area contributed by atoms with E-state index in [1.165, 1.54) is 12.1 Å². The number of aromatic nitrogens is 1. The summed E-state index contributed by atoms with van der Waals surface area (Å²) in [6, 6.07) is 18.0. The number of hydrogen-bond donors (Lipinski definition) is 2. The SMILES string of the molecule is Cc1ccc([C@@H](C(=O)NC2CCCCC2)N(Cc2ccc(F)cc2)C(=O)CCCC(=O)Nc2ccccn2)cc1. The van der Waals surface area contributed by atoms with Crippen LogP contribution in [0.3, 0.4) is 0 Å². The van der Waals surface area contributed by atoms with Crippen LogP contribution in [0.15, 0.2) is 72.9 Å². The quantitative estimate of drug-likeness (QED) is 0.317. The summed E-state index contributed by atoms with van der Waals surface area (Å²) >= 11 is 0. The summed E-state index contributed by atoms with van der Waals surface area (Å²) in [5.41, 5.74) is 2.47. The van der Waals surface area contributed by atoms with E-state index >= 15 is 0 Å². The van der Waals surface area contributed by atoms with Crippen LogP contribution in [0, 0.1) is 12.7 Å². The molecule has 1 aliphatic rings. The van der Waals surface area contributed by atoms with Crippen LogP contribution in [-0.4, -0.2) is 33.6 Å². The van der Waals surface area contributed by atoms with Crippen LogP contribution in [0.25, 0.3) is 0 Å². The highest BCUT2D eigenvalue weighted by atomic mass is 19.1. The number of aryl methyl sites for hydroxylation is 1. The first-order valence-corrected chi connectivity index (χ1v) is 14.0. The van der Waals surface area contributed by atoms with E-state index in [1.807, 2.05) is 31.2 Å². The van der Waals surface area contributed by atoms with Gasteiger partial charge in [0.2, 0.25) is 17.7 Å². The first-order chi connectivity index (χ1) is 19.4. The van der Waals surface area contributed by atoms with E-state index in [0.717, 1.165) is 37.7 Å². The van der Waals surface area contributed by atoms with Crippen LogP contribution < -0.4 is 10.6 Å². The van der Waals surface area contributed by atoms with Gasteiger partial charge in [0.1, 0.15) is 17.7 Å². The molecule has 40 heavy (non-hydrogen) atoms. The third-order valence-electron chi connectivity index (χ3n) is 7.22. The third-order valence-corrected chi connectivity index (χ3v) is 7.22. The van der Waals surface area contributed by atoms with E-state index in [0.29, 0.717) is 23.4 Å². The summed E-state index contributed by atoms with van der Waals surface area (Å²) in [7, 11) is 0. The lowest BCUT2D eigenvalue weighted by molar-refractivity contribution is -0.142. The Morgan fingerprint density at radius 3 is 2.35 bits per heavy atom. The highest BCUT2D eigenvalue weighted by Gasteiger charge is 2.33. The van der Waals surface area contributed by atoms with Gasteiger partial charge in [0.05, 0.1) is 0 Å². The molecule has 0 spiro atoms. The van der Waals surface area contributed by atoms with Crippen molar-refractivity contribution >= 4 is 23.5 Å². The molecule has 0 bridgehead atoms. The Bertz CT molecular complexity index is 1260. The van der Waals surface area contributed by atoms with Crippen molar-refractivity contribution in [2.24, 2.45) is 0 Å². The van der Waals surface area contributed by atoms with Gasteiger partial charge in [-0.15, -0.1) is 0 Å². The van der Waals surface area contributed by atoms with Crippen LogP contribution in [0.2, 0.25) is 0 Å². The fourth-order valence-electron chi connectivity index (χ4n) is 5.04. The number of carbonyl (C=O) groups is 3. The highest BCUT2D eigenvalue weighted by molar-refractivity contribution is 5.91. The van der Waals surface area contributed by atoms with Crippen LogP contribution in [0.1, 0.15) is 74.1 Å². The molecule has 0 unspecified atom stereocenters. The summed E-state index contributed by atoms with van der Waals surface area (Å²) in [4.78, 5) is 45.7. The van der Waals surface area contributed by atoms with Crippen LogP contribution in [-0.2, 0) is 20.9 Å². The molecule has 3 amide bonds. The second kappa shape index (κ2) is 14.4. The highest BCUT2D eigenvalue weighted by Crippen LogP contribution is 2.27. The van der Waals surface area contributed by atoms with Gasteiger partial charge in [-0.25, -0.2) is 9.37 Å². The number of halogens is 1. The molecule has 1 atom stereocenters. The van der Waals surface area contributed by atoms with Gasteiger partial charge in [0.25, 0.3) is 0 Å². The maximum absolute atomic E-state index is 13.8. The fraction of sp³-hybridized carbons (Fsp3) is 0.375. The number of nitrogens with zero attached hydrogens (tertiary/aromatic N) is 2. The number of hydrogen-bond acceptors (Lipinski definition) is 4. The summed E-state index contributed by atoms with van der Waals surface area (Å²) in [6.45, 7) is 2.11. The minimum atomic E-state index is -0.859. The molecule has 1 fully saturated rings. The minimum Gasteiger partial charge on any atom is -0.351 e. The van der Waals surface area contributed by atoms with Gasteiger partial charge in [0, 0.05) is 31.6 Å². The second-order valence-corrected chi connectivity index (χ2v) is 10.4. The lowest BCUT2D eigenvalue weighted by atomic mass is 9.94. The van der Waals surface area contributed by atoms with Gasteiger partial charge in [-0.3, -0.25) is 14.4 Å². The van der Waals surface area contributed by atoms with Crippen molar-refractivity contribution in [1.29, 1.82) is 0 Å². The number of pyridine rings is 1. The van der Waals surface area contributed by atoms with Crippen molar-refractivity contribution in [3.63, 3.8) is 0 Å². The van der Waals surface area contributed by atoms with Gasteiger partial charge in [-0.2, -0.15) is 0 Å². The number of benzene rings is 2. The Hall–Kier alpha value is -4.07. The van der Waals surface area contributed by atoms with E-state index in [2.05, 4.69) is 15.6 Å². The Morgan fingerprint density at radius 2 is 1.68 bits per heavy atom. The minimum absolute atomic E-state index is 0.0762. The van der Waals surface area contributed by atoms with E-state index in [4.69, 9.17) is 0 Å². The molecular formula is C32H37FN4O3. The van der Waals surface area contributed by atoms with Crippen molar-refractivity contribution < 1.29 is 18.8 Å². The average molecular weight is 545 g/mol. The Balaban J connectivity index is 1.54. The summed E-state index contributed by atoms with van der Waals surface area (Å²) in [6.07, 6.45) is 7.26. The number of carbonyl (C=O) groups excluding carboxylic acids is 3. The molecule has 7 nitrogen and oxygen atoms in total. The van der Waals surface area contributed by atoms with Crippen molar-refractivity contribution in [2.75, 3.05) is 5.32 Å². The van der Waals surface area contributed by atoms with E-state index in [9.17, 15) is 18.8 Å². The largest absolute Gasteiger partial charge is 0.351 e. The molecule has 0 aliphatic heterocycles. The zero-order chi connectivity index (χ0) is 28.3. The number of anilines is 1. The van der Waals surface area contributed by atoms with Gasteiger partial charge in [0.15, 0.2) is 0 Å². The van der Waals surface area contributed by atoms with Crippen LogP contribution in [0.5, 0.6) is 0 Å². The number of amides is 3. The maximum atomic E-state index is 13.8. The molecule has 3 aromatic rings. The zero-order valence-electron chi connectivity index (χ0n) is 22.9. The van der Waals surface area contributed by atoms with Gasteiger partial charge in [-0.05, 0) is 61.6 Å². The van der Waals surface area contributed by atoms with E-state index in [1.54, 1.807) is 41.4 Å². The smallest absolute Gasteiger partial charge is 0.247 e. The molecular weight excluding hydrogens is 507 g/mol. The first kappa shape index (κ1) is 28.9. The first-order valence-electron chi connectivity index (χ1n) is 14.0. The number of rotatable bonds is 11. The van der Waals surface area contributed by atoms with Gasteiger partial charge >= 0.3 is 0 Å².